The largest absolute Gasteiger partial charge is 0.478 e. The zero-order valence-electron chi connectivity index (χ0n) is 9.39. The van der Waals surface area contributed by atoms with E-state index in [9.17, 15) is 14.9 Å². The average molecular weight is 277 g/mol. The second-order valence-corrected chi connectivity index (χ2v) is 4.46. The van der Waals surface area contributed by atoms with Gasteiger partial charge in [0.1, 0.15) is 11.2 Å². The van der Waals surface area contributed by atoms with E-state index in [1.165, 1.54) is 0 Å². The van der Waals surface area contributed by atoms with Gasteiger partial charge in [0, 0.05) is 23.4 Å². The molecule has 2 rings (SSSR count). The van der Waals surface area contributed by atoms with Crippen LogP contribution in [0.5, 0.6) is 0 Å². The summed E-state index contributed by atoms with van der Waals surface area (Å²) >= 11 is 1.11. The number of rotatable bonds is 4. The monoisotopic (exact) mass is 277 g/mol. The number of aromatic nitrogens is 2. The van der Waals surface area contributed by atoms with Gasteiger partial charge >= 0.3 is 5.97 Å². The number of nitro groups is 1. The molecule has 0 aromatic carbocycles. The van der Waals surface area contributed by atoms with Crippen molar-refractivity contribution < 1.29 is 14.8 Å². The van der Waals surface area contributed by atoms with Gasteiger partial charge in [-0.3, -0.25) is 15.1 Å². The summed E-state index contributed by atoms with van der Waals surface area (Å²) in [5.41, 5.74) is -0.549. The third-order valence-electron chi connectivity index (χ3n) is 2.14. The van der Waals surface area contributed by atoms with Crippen molar-refractivity contribution in [2.24, 2.45) is 0 Å². The van der Waals surface area contributed by atoms with Gasteiger partial charge in [-0.05, 0) is 12.1 Å². The maximum atomic E-state index is 11.1. The summed E-state index contributed by atoms with van der Waals surface area (Å²) in [6.07, 6.45) is 4.16. The van der Waals surface area contributed by atoms with E-state index in [-0.39, 0.29) is 16.3 Å². The second-order valence-electron chi connectivity index (χ2n) is 3.39. The summed E-state index contributed by atoms with van der Waals surface area (Å²) in [5.74, 6) is -1.26. The summed E-state index contributed by atoms with van der Waals surface area (Å²) in [4.78, 5) is 29.4. The van der Waals surface area contributed by atoms with Crippen molar-refractivity contribution in [2.45, 2.75) is 9.92 Å². The summed E-state index contributed by atoms with van der Waals surface area (Å²) in [5, 5.41) is 19.9. The van der Waals surface area contributed by atoms with Crippen molar-refractivity contribution >= 4 is 23.4 Å². The van der Waals surface area contributed by atoms with Crippen LogP contribution in [0.1, 0.15) is 10.4 Å². The maximum Gasteiger partial charge on any atom is 0.338 e. The fourth-order valence-electron chi connectivity index (χ4n) is 1.29. The number of hydrogen-bond acceptors (Lipinski definition) is 6. The van der Waals surface area contributed by atoms with Gasteiger partial charge < -0.3 is 5.11 Å². The molecule has 0 radical (unpaired) electrons. The van der Waals surface area contributed by atoms with Crippen LogP contribution in [-0.2, 0) is 0 Å². The molecule has 0 bridgehead atoms. The Hall–Kier alpha value is -2.48. The minimum atomic E-state index is -1.26. The summed E-state index contributed by atoms with van der Waals surface area (Å²) in [7, 11) is 0. The maximum absolute atomic E-state index is 11.1. The van der Waals surface area contributed by atoms with Crippen LogP contribution in [0.2, 0.25) is 0 Å². The molecule has 0 saturated heterocycles. The molecular weight excluding hydrogens is 270 g/mol. The highest BCUT2D eigenvalue weighted by Crippen LogP contribution is 2.29. The van der Waals surface area contributed by atoms with E-state index in [0.29, 0.717) is 0 Å². The number of carbonyl (C=O) groups is 1. The predicted molar refractivity (Wildman–Crippen MR) is 66.2 cm³/mol. The van der Waals surface area contributed by atoms with Crippen LogP contribution >= 0.6 is 11.8 Å². The molecule has 0 amide bonds. The van der Waals surface area contributed by atoms with Gasteiger partial charge in [-0.1, -0.05) is 11.8 Å². The van der Waals surface area contributed by atoms with Gasteiger partial charge in [0.25, 0.3) is 5.69 Å². The Labute approximate surface area is 111 Å². The molecule has 2 heterocycles. The Morgan fingerprint density at radius 1 is 1.37 bits per heavy atom. The molecule has 0 saturated carbocycles. The van der Waals surface area contributed by atoms with Crippen molar-refractivity contribution in [3.63, 3.8) is 0 Å². The molecule has 96 valence electrons. The number of carboxylic acids is 1. The van der Waals surface area contributed by atoms with Crippen LogP contribution in [0.4, 0.5) is 5.69 Å². The molecule has 19 heavy (non-hydrogen) atoms. The highest BCUT2D eigenvalue weighted by Gasteiger charge is 2.18. The highest BCUT2D eigenvalue weighted by molar-refractivity contribution is 7.99. The van der Waals surface area contributed by atoms with Gasteiger partial charge in [0.2, 0.25) is 0 Å². The number of pyridine rings is 2. The second kappa shape index (κ2) is 5.44. The van der Waals surface area contributed by atoms with Crippen LogP contribution in [0.15, 0.2) is 46.7 Å². The van der Waals surface area contributed by atoms with E-state index in [0.717, 1.165) is 28.9 Å². The SMILES string of the molecule is O=C(O)c1cc([N+](=O)[O-])cnc1Sc1ccncc1. The first-order chi connectivity index (χ1) is 9.08. The van der Waals surface area contributed by atoms with Gasteiger partial charge in [-0.2, -0.15) is 0 Å². The van der Waals surface area contributed by atoms with Crippen molar-refractivity contribution in [2.75, 3.05) is 0 Å². The van der Waals surface area contributed by atoms with Crippen LogP contribution < -0.4 is 0 Å². The molecular formula is C11H7N3O4S. The number of carboxylic acid groups (broad SMARTS) is 1. The first-order valence-electron chi connectivity index (χ1n) is 5.03. The lowest BCUT2D eigenvalue weighted by atomic mass is 10.3. The van der Waals surface area contributed by atoms with E-state index >= 15 is 0 Å². The first-order valence-corrected chi connectivity index (χ1v) is 5.85. The predicted octanol–water partition coefficient (Wildman–Crippen LogP) is 2.23. The van der Waals surface area contributed by atoms with Crippen LogP contribution in [0.3, 0.4) is 0 Å². The standard InChI is InChI=1S/C11H7N3O4S/c15-11(16)9-5-7(14(17)18)6-13-10(9)19-8-1-3-12-4-2-8/h1-6H,(H,15,16). The third-order valence-corrected chi connectivity index (χ3v) is 3.17. The molecule has 0 atom stereocenters. The lowest BCUT2D eigenvalue weighted by molar-refractivity contribution is -0.385. The molecule has 0 aliphatic heterocycles. The Bertz CT molecular complexity index is 633. The molecule has 0 unspecified atom stereocenters. The summed E-state index contributed by atoms with van der Waals surface area (Å²) in [6.45, 7) is 0. The topological polar surface area (TPSA) is 106 Å². The van der Waals surface area contributed by atoms with Crippen LogP contribution in [0, 0.1) is 10.1 Å². The van der Waals surface area contributed by atoms with Crippen molar-refractivity contribution in [3.8, 4) is 0 Å². The molecule has 8 heteroatoms. The number of nitrogens with zero attached hydrogens (tertiary/aromatic N) is 3. The van der Waals surface area contributed by atoms with E-state index in [1.54, 1.807) is 24.5 Å². The molecule has 1 N–H and O–H groups in total. The zero-order valence-corrected chi connectivity index (χ0v) is 10.2. The van der Waals surface area contributed by atoms with E-state index in [4.69, 9.17) is 5.11 Å². The first kappa shape index (κ1) is 13.0. The lowest BCUT2D eigenvalue weighted by Gasteiger charge is -2.04. The summed E-state index contributed by atoms with van der Waals surface area (Å²) < 4.78 is 0. The van der Waals surface area contributed by atoms with Gasteiger partial charge in [-0.25, -0.2) is 9.78 Å². The molecule has 7 nitrogen and oxygen atoms in total. The van der Waals surface area contributed by atoms with Crippen molar-refractivity contribution in [3.05, 3.63) is 52.5 Å². The van der Waals surface area contributed by atoms with Gasteiger partial charge in [-0.15, -0.1) is 0 Å². The number of aromatic carboxylic acids is 1. The third kappa shape index (κ3) is 3.05. The molecule has 0 aliphatic rings. The van der Waals surface area contributed by atoms with Gasteiger partial charge in [0.15, 0.2) is 0 Å². The lowest BCUT2D eigenvalue weighted by Crippen LogP contribution is -2.02. The number of hydrogen-bond donors (Lipinski definition) is 1. The zero-order chi connectivity index (χ0) is 13.8. The Balaban J connectivity index is 2.40. The van der Waals surface area contributed by atoms with E-state index in [1.807, 2.05) is 0 Å². The van der Waals surface area contributed by atoms with Crippen LogP contribution in [0.25, 0.3) is 0 Å². The van der Waals surface area contributed by atoms with Crippen LogP contribution in [-0.4, -0.2) is 26.0 Å². The molecule has 2 aromatic heterocycles. The molecule has 0 fully saturated rings. The smallest absolute Gasteiger partial charge is 0.338 e. The average Bonchev–Trinajstić information content (AvgIpc) is 2.39. The van der Waals surface area contributed by atoms with E-state index < -0.39 is 10.9 Å². The molecule has 2 aromatic rings. The minimum absolute atomic E-state index is 0.198. The van der Waals surface area contributed by atoms with Gasteiger partial charge in [0.05, 0.1) is 10.5 Å². The van der Waals surface area contributed by atoms with Crippen molar-refractivity contribution in [1.29, 1.82) is 0 Å². The molecule has 0 spiro atoms. The van der Waals surface area contributed by atoms with Crippen molar-refractivity contribution in [1.82, 2.24) is 9.97 Å². The fourth-order valence-corrected chi connectivity index (χ4v) is 2.14. The normalized spacial score (nSPS) is 10.1. The Morgan fingerprint density at radius 3 is 2.63 bits per heavy atom. The fraction of sp³-hybridized carbons (Fsp3) is 0. The Kier molecular flexibility index (Phi) is 3.71. The molecule has 0 aliphatic carbocycles. The minimum Gasteiger partial charge on any atom is -0.478 e. The summed E-state index contributed by atoms with van der Waals surface area (Å²) in [6, 6.07) is 4.39. The Morgan fingerprint density at radius 2 is 2.05 bits per heavy atom. The van der Waals surface area contributed by atoms with E-state index in [2.05, 4.69) is 9.97 Å². The highest BCUT2D eigenvalue weighted by atomic mass is 32.2. The quantitative estimate of drug-likeness (QED) is 0.674.